The molecule has 0 saturated heterocycles. The zero-order valence-electron chi connectivity index (χ0n) is 8.89. The van der Waals surface area contributed by atoms with Gasteiger partial charge in [-0.1, -0.05) is 54.7 Å². The van der Waals surface area contributed by atoms with E-state index in [4.69, 9.17) is 12.2 Å². The van der Waals surface area contributed by atoms with E-state index < -0.39 is 0 Å². The van der Waals surface area contributed by atoms with Crippen LogP contribution in [0.5, 0.6) is 0 Å². The van der Waals surface area contributed by atoms with Crippen molar-refractivity contribution in [3.63, 3.8) is 0 Å². The van der Waals surface area contributed by atoms with Crippen LogP contribution in [-0.2, 0) is 6.42 Å². The lowest BCUT2D eigenvalue weighted by molar-refractivity contribution is 0.417. The number of thiocarbonyl (C=S) groups is 1. The average molecular weight is 217 g/mol. The molecule has 1 aliphatic heterocycles. The zero-order valence-corrected chi connectivity index (χ0v) is 9.70. The van der Waals surface area contributed by atoms with Crippen molar-refractivity contribution in [3.05, 3.63) is 48.0 Å². The van der Waals surface area contributed by atoms with Crippen molar-refractivity contribution in [1.82, 2.24) is 4.90 Å². The Labute approximate surface area is 96.4 Å². The lowest BCUT2D eigenvalue weighted by atomic mass is 10.0. The number of hydrogen-bond acceptors (Lipinski definition) is 1. The van der Waals surface area contributed by atoms with Crippen molar-refractivity contribution in [3.8, 4) is 0 Å². The maximum absolute atomic E-state index is 5.30. The summed E-state index contributed by atoms with van der Waals surface area (Å²) in [5.41, 5.74) is 1.36. The molecule has 2 rings (SSSR count). The first-order valence-corrected chi connectivity index (χ1v) is 5.64. The first-order valence-electron chi connectivity index (χ1n) is 5.23. The Kier molecular flexibility index (Phi) is 3.17. The molecule has 0 amide bonds. The molecule has 1 nitrogen and oxygen atoms in total. The summed E-state index contributed by atoms with van der Waals surface area (Å²) in [5, 5.41) is 0. The van der Waals surface area contributed by atoms with Crippen LogP contribution in [0.2, 0.25) is 0 Å². The lowest BCUT2D eigenvalue weighted by Crippen LogP contribution is -2.38. The van der Waals surface area contributed by atoms with Crippen molar-refractivity contribution in [1.29, 1.82) is 0 Å². The van der Waals surface area contributed by atoms with Gasteiger partial charge in [0.15, 0.2) is 0 Å². The zero-order chi connectivity index (χ0) is 10.7. The van der Waals surface area contributed by atoms with Crippen LogP contribution in [0.25, 0.3) is 0 Å². The summed E-state index contributed by atoms with van der Waals surface area (Å²) in [6.07, 6.45) is 6.38. The first-order chi connectivity index (χ1) is 7.27. The SMILES string of the molecule is CN1C(=S)CC=CC1Cc1ccccc1. The van der Waals surface area contributed by atoms with Gasteiger partial charge in [-0.3, -0.25) is 0 Å². The quantitative estimate of drug-likeness (QED) is 0.553. The Morgan fingerprint density at radius 3 is 2.80 bits per heavy atom. The molecule has 1 aromatic carbocycles. The molecule has 0 saturated carbocycles. The highest BCUT2D eigenvalue weighted by Crippen LogP contribution is 2.15. The van der Waals surface area contributed by atoms with Crippen LogP contribution >= 0.6 is 12.2 Å². The number of likely N-dealkylation sites (N-methyl/N-ethyl adjacent to an activating group) is 1. The fourth-order valence-corrected chi connectivity index (χ4v) is 2.08. The minimum absolute atomic E-state index is 0.425. The highest BCUT2D eigenvalue weighted by Gasteiger charge is 2.17. The van der Waals surface area contributed by atoms with Gasteiger partial charge in [0.25, 0.3) is 0 Å². The Balaban J connectivity index is 2.09. The van der Waals surface area contributed by atoms with E-state index in [-0.39, 0.29) is 0 Å². The maximum Gasteiger partial charge on any atom is 0.0819 e. The van der Waals surface area contributed by atoms with Gasteiger partial charge >= 0.3 is 0 Å². The summed E-state index contributed by atoms with van der Waals surface area (Å²) in [4.78, 5) is 3.24. The molecule has 1 aromatic rings. The van der Waals surface area contributed by atoms with E-state index in [0.717, 1.165) is 17.8 Å². The topological polar surface area (TPSA) is 3.24 Å². The van der Waals surface area contributed by atoms with E-state index in [1.807, 2.05) is 0 Å². The van der Waals surface area contributed by atoms with Crippen molar-refractivity contribution in [2.45, 2.75) is 18.9 Å². The maximum atomic E-state index is 5.30. The molecule has 1 aliphatic rings. The third-order valence-electron chi connectivity index (χ3n) is 2.83. The van der Waals surface area contributed by atoms with Crippen molar-refractivity contribution in [2.24, 2.45) is 0 Å². The van der Waals surface area contributed by atoms with Gasteiger partial charge in [0.2, 0.25) is 0 Å². The Morgan fingerprint density at radius 2 is 2.07 bits per heavy atom. The van der Waals surface area contributed by atoms with Gasteiger partial charge in [-0.25, -0.2) is 0 Å². The minimum Gasteiger partial charge on any atom is -0.362 e. The molecule has 1 heterocycles. The normalized spacial score (nSPS) is 20.7. The number of benzene rings is 1. The monoisotopic (exact) mass is 217 g/mol. The van der Waals surface area contributed by atoms with Gasteiger partial charge in [0, 0.05) is 13.5 Å². The molecule has 1 atom stereocenters. The van der Waals surface area contributed by atoms with E-state index >= 15 is 0 Å². The van der Waals surface area contributed by atoms with E-state index in [2.05, 4.69) is 54.4 Å². The molecule has 0 spiro atoms. The molecule has 0 aromatic heterocycles. The van der Waals surface area contributed by atoms with Crippen LogP contribution in [0, 0.1) is 0 Å². The van der Waals surface area contributed by atoms with Crippen LogP contribution in [-0.4, -0.2) is 23.0 Å². The summed E-state index contributed by atoms with van der Waals surface area (Å²) in [6, 6.07) is 11.0. The van der Waals surface area contributed by atoms with Gasteiger partial charge in [0.05, 0.1) is 11.0 Å². The van der Waals surface area contributed by atoms with E-state index in [1.165, 1.54) is 5.56 Å². The van der Waals surface area contributed by atoms with Crippen LogP contribution in [0.1, 0.15) is 12.0 Å². The van der Waals surface area contributed by atoms with E-state index in [9.17, 15) is 0 Å². The second-order valence-corrected chi connectivity index (χ2v) is 4.37. The van der Waals surface area contributed by atoms with Gasteiger partial charge in [-0.15, -0.1) is 0 Å². The van der Waals surface area contributed by atoms with Crippen LogP contribution in [0.4, 0.5) is 0 Å². The van der Waals surface area contributed by atoms with Gasteiger partial charge in [-0.2, -0.15) is 0 Å². The molecule has 0 bridgehead atoms. The van der Waals surface area contributed by atoms with Crippen molar-refractivity contribution < 1.29 is 0 Å². The van der Waals surface area contributed by atoms with Crippen LogP contribution < -0.4 is 0 Å². The summed E-state index contributed by atoms with van der Waals surface area (Å²) < 4.78 is 0. The summed E-state index contributed by atoms with van der Waals surface area (Å²) in [7, 11) is 2.08. The Hall–Kier alpha value is -1.15. The predicted octanol–water partition coefficient (Wildman–Crippen LogP) is 2.82. The highest BCUT2D eigenvalue weighted by molar-refractivity contribution is 7.80. The highest BCUT2D eigenvalue weighted by atomic mass is 32.1. The van der Waals surface area contributed by atoms with E-state index in [0.29, 0.717) is 6.04 Å². The number of hydrogen-bond donors (Lipinski definition) is 0. The van der Waals surface area contributed by atoms with Crippen molar-refractivity contribution >= 4 is 17.2 Å². The molecule has 0 aliphatic carbocycles. The molecule has 0 radical (unpaired) electrons. The number of nitrogens with zero attached hydrogens (tertiary/aromatic N) is 1. The summed E-state index contributed by atoms with van der Waals surface area (Å²) in [5.74, 6) is 0. The molecule has 0 fully saturated rings. The second kappa shape index (κ2) is 4.58. The van der Waals surface area contributed by atoms with Crippen molar-refractivity contribution in [2.75, 3.05) is 7.05 Å². The smallest absolute Gasteiger partial charge is 0.0819 e. The largest absolute Gasteiger partial charge is 0.362 e. The molecule has 0 N–H and O–H groups in total. The third-order valence-corrected chi connectivity index (χ3v) is 3.28. The average Bonchev–Trinajstić information content (AvgIpc) is 2.26. The predicted molar refractivity (Wildman–Crippen MR) is 68.1 cm³/mol. The standard InChI is InChI=1S/C13H15NS/c1-14-12(8-5-9-13(14)15)10-11-6-3-2-4-7-11/h2-8,12H,9-10H2,1H3. The fraction of sp³-hybridized carbons (Fsp3) is 0.308. The fourth-order valence-electron chi connectivity index (χ4n) is 1.84. The molecule has 1 unspecified atom stereocenters. The van der Waals surface area contributed by atoms with E-state index in [1.54, 1.807) is 0 Å². The van der Waals surface area contributed by atoms with Crippen LogP contribution in [0.15, 0.2) is 42.5 Å². The minimum atomic E-state index is 0.425. The van der Waals surface area contributed by atoms with Gasteiger partial charge < -0.3 is 4.90 Å². The van der Waals surface area contributed by atoms with Crippen LogP contribution in [0.3, 0.4) is 0 Å². The third kappa shape index (κ3) is 2.45. The Morgan fingerprint density at radius 1 is 1.33 bits per heavy atom. The first kappa shape index (κ1) is 10.4. The van der Waals surface area contributed by atoms with Gasteiger partial charge in [-0.05, 0) is 12.0 Å². The molecule has 15 heavy (non-hydrogen) atoms. The molecule has 78 valence electrons. The molecular weight excluding hydrogens is 202 g/mol. The Bertz CT molecular complexity index is 369. The summed E-state index contributed by atoms with van der Waals surface area (Å²) >= 11 is 5.30. The summed E-state index contributed by atoms with van der Waals surface area (Å²) in [6.45, 7) is 0. The second-order valence-electron chi connectivity index (χ2n) is 3.89. The lowest BCUT2D eigenvalue weighted by Gasteiger charge is -2.31. The number of rotatable bonds is 2. The molecule has 2 heteroatoms. The molecular formula is C13H15NS. The van der Waals surface area contributed by atoms with Gasteiger partial charge in [0.1, 0.15) is 0 Å².